The van der Waals surface area contributed by atoms with Crippen molar-refractivity contribution >= 4 is 29.4 Å². The van der Waals surface area contributed by atoms with Crippen LogP contribution in [0, 0.1) is 19.7 Å². The number of halogens is 1. The zero-order valence-corrected chi connectivity index (χ0v) is 19.0. The van der Waals surface area contributed by atoms with Crippen LogP contribution in [0.15, 0.2) is 54.6 Å². The van der Waals surface area contributed by atoms with Crippen LogP contribution in [0.3, 0.4) is 0 Å². The van der Waals surface area contributed by atoms with E-state index in [0.717, 1.165) is 17.0 Å². The molecule has 2 aromatic heterocycles. The van der Waals surface area contributed by atoms with Gasteiger partial charge in [0.05, 0.1) is 12.5 Å². The van der Waals surface area contributed by atoms with Gasteiger partial charge in [-0.25, -0.2) is 14.2 Å². The van der Waals surface area contributed by atoms with E-state index in [0.29, 0.717) is 17.0 Å². The van der Waals surface area contributed by atoms with Crippen molar-refractivity contribution in [1.29, 1.82) is 0 Å². The molecule has 0 radical (unpaired) electrons. The third-order valence-corrected chi connectivity index (χ3v) is 5.17. The van der Waals surface area contributed by atoms with Gasteiger partial charge in [-0.15, -0.1) is 5.10 Å². The smallest absolute Gasteiger partial charge is 0.322 e. The van der Waals surface area contributed by atoms with Crippen LogP contribution in [0.4, 0.5) is 20.8 Å². The molecule has 0 fully saturated rings. The first-order valence-corrected chi connectivity index (χ1v) is 10.7. The van der Waals surface area contributed by atoms with E-state index in [1.54, 1.807) is 40.9 Å². The molecule has 2 aromatic carbocycles. The second kappa shape index (κ2) is 9.65. The van der Waals surface area contributed by atoms with Crippen molar-refractivity contribution in [1.82, 2.24) is 24.9 Å². The molecule has 34 heavy (non-hydrogen) atoms. The molecule has 0 aliphatic heterocycles. The SMILES string of the molecule is Cc1cc(C)n2nc(NC(=O)NC(C)c3cccc(NC(=O)Cc4ccccc4F)c3)nc2n1. The summed E-state index contributed by atoms with van der Waals surface area (Å²) in [6.45, 7) is 5.55. The maximum absolute atomic E-state index is 13.8. The summed E-state index contributed by atoms with van der Waals surface area (Å²) in [6.07, 6.45) is -0.0764. The van der Waals surface area contributed by atoms with Crippen LogP contribution in [-0.4, -0.2) is 31.5 Å². The molecule has 0 saturated carbocycles. The van der Waals surface area contributed by atoms with E-state index in [1.165, 1.54) is 6.07 Å². The monoisotopic (exact) mass is 461 g/mol. The average Bonchev–Trinajstić information content (AvgIpc) is 3.18. The highest BCUT2D eigenvalue weighted by molar-refractivity contribution is 5.92. The van der Waals surface area contributed by atoms with Crippen molar-refractivity contribution in [3.8, 4) is 0 Å². The van der Waals surface area contributed by atoms with Gasteiger partial charge in [0.1, 0.15) is 5.82 Å². The molecule has 2 heterocycles. The van der Waals surface area contributed by atoms with E-state index in [1.807, 2.05) is 32.9 Å². The first-order chi connectivity index (χ1) is 16.3. The van der Waals surface area contributed by atoms with Crippen molar-refractivity contribution < 1.29 is 14.0 Å². The lowest BCUT2D eigenvalue weighted by Crippen LogP contribution is -2.31. The number of aromatic nitrogens is 4. The van der Waals surface area contributed by atoms with Crippen molar-refractivity contribution in [2.45, 2.75) is 33.2 Å². The van der Waals surface area contributed by atoms with Gasteiger partial charge < -0.3 is 10.6 Å². The highest BCUT2D eigenvalue weighted by Gasteiger charge is 2.15. The zero-order chi connectivity index (χ0) is 24.2. The minimum absolute atomic E-state index is 0.0764. The van der Waals surface area contributed by atoms with E-state index in [4.69, 9.17) is 0 Å². The maximum Gasteiger partial charge on any atom is 0.322 e. The van der Waals surface area contributed by atoms with Gasteiger partial charge in [-0.3, -0.25) is 10.1 Å². The van der Waals surface area contributed by atoms with Crippen LogP contribution in [0.25, 0.3) is 5.78 Å². The van der Waals surface area contributed by atoms with Crippen LogP contribution in [-0.2, 0) is 11.2 Å². The van der Waals surface area contributed by atoms with Crippen molar-refractivity contribution in [2.75, 3.05) is 10.6 Å². The Kier molecular flexibility index (Phi) is 6.48. The Labute approximate surface area is 195 Å². The molecule has 4 rings (SSSR count). The van der Waals surface area contributed by atoms with E-state index in [9.17, 15) is 14.0 Å². The number of anilines is 2. The zero-order valence-electron chi connectivity index (χ0n) is 19.0. The highest BCUT2D eigenvalue weighted by atomic mass is 19.1. The second-order valence-corrected chi connectivity index (χ2v) is 7.95. The standard InChI is InChI=1S/C24H24FN7O2/c1-14-11-15(2)32-23(26-14)29-22(31-32)30-24(34)27-16(3)17-8-6-9-19(12-17)28-21(33)13-18-7-4-5-10-20(18)25/h4-12,16H,13H2,1-3H3,(H,28,33)(H2,27,30,31,34). The molecule has 3 amide bonds. The third kappa shape index (κ3) is 5.34. The fourth-order valence-electron chi connectivity index (χ4n) is 3.54. The maximum atomic E-state index is 13.8. The number of carbonyl (C=O) groups is 2. The molecule has 0 aliphatic carbocycles. The summed E-state index contributed by atoms with van der Waals surface area (Å²) >= 11 is 0. The molecule has 10 heteroatoms. The van der Waals surface area contributed by atoms with E-state index in [2.05, 4.69) is 31.0 Å². The number of amides is 3. The molecular formula is C24H24FN7O2. The summed E-state index contributed by atoms with van der Waals surface area (Å²) in [5, 5.41) is 12.5. The number of nitrogens with zero attached hydrogens (tertiary/aromatic N) is 4. The summed E-state index contributed by atoms with van der Waals surface area (Å²) < 4.78 is 15.3. The molecule has 0 aliphatic rings. The predicted molar refractivity (Wildman–Crippen MR) is 126 cm³/mol. The van der Waals surface area contributed by atoms with Gasteiger partial charge in [0.2, 0.25) is 5.91 Å². The first kappa shape index (κ1) is 22.8. The minimum atomic E-state index is -0.480. The minimum Gasteiger partial charge on any atom is -0.331 e. The number of fused-ring (bicyclic) bond motifs is 1. The van der Waals surface area contributed by atoms with Gasteiger partial charge in [0.15, 0.2) is 0 Å². The Morgan fingerprint density at radius 3 is 2.62 bits per heavy atom. The lowest BCUT2D eigenvalue weighted by Gasteiger charge is -2.15. The summed E-state index contributed by atoms with van der Waals surface area (Å²) in [6, 6.07) is 14.3. The molecular weight excluding hydrogens is 437 g/mol. The quantitative estimate of drug-likeness (QED) is 0.402. The Bertz CT molecular complexity index is 1370. The Balaban J connectivity index is 1.37. The van der Waals surface area contributed by atoms with Crippen molar-refractivity contribution in [2.24, 2.45) is 0 Å². The third-order valence-electron chi connectivity index (χ3n) is 5.17. The number of hydrogen-bond acceptors (Lipinski definition) is 5. The fraction of sp³-hybridized carbons (Fsp3) is 0.208. The van der Waals surface area contributed by atoms with Crippen LogP contribution in [0.2, 0.25) is 0 Å². The Morgan fingerprint density at radius 2 is 1.82 bits per heavy atom. The van der Waals surface area contributed by atoms with Gasteiger partial charge in [0.25, 0.3) is 11.7 Å². The van der Waals surface area contributed by atoms with Crippen LogP contribution in [0.1, 0.15) is 35.5 Å². The molecule has 3 N–H and O–H groups in total. The number of nitrogens with one attached hydrogen (secondary N) is 3. The Hall–Kier alpha value is -4.34. The summed E-state index contributed by atoms with van der Waals surface area (Å²) in [5.41, 5.74) is 3.30. The van der Waals surface area contributed by atoms with E-state index >= 15 is 0 Å². The normalized spacial score (nSPS) is 11.8. The number of urea groups is 1. The number of carbonyl (C=O) groups excluding carboxylic acids is 2. The molecule has 0 spiro atoms. The van der Waals surface area contributed by atoms with Crippen molar-refractivity contribution in [3.63, 3.8) is 0 Å². The predicted octanol–water partition coefficient (Wildman–Crippen LogP) is 3.94. The van der Waals surface area contributed by atoms with Crippen LogP contribution >= 0.6 is 0 Å². The summed E-state index contributed by atoms with van der Waals surface area (Å²) in [5.74, 6) is -0.214. The molecule has 1 atom stereocenters. The van der Waals surface area contributed by atoms with E-state index in [-0.39, 0.29) is 24.3 Å². The van der Waals surface area contributed by atoms with Crippen LogP contribution < -0.4 is 16.0 Å². The molecule has 0 saturated heterocycles. The molecule has 0 bridgehead atoms. The number of aryl methyl sites for hydroxylation is 2. The summed E-state index contributed by atoms with van der Waals surface area (Å²) in [4.78, 5) is 33.4. The number of rotatable bonds is 6. The molecule has 4 aromatic rings. The fourth-order valence-corrected chi connectivity index (χ4v) is 3.54. The van der Waals surface area contributed by atoms with Gasteiger partial charge in [0, 0.05) is 17.1 Å². The lowest BCUT2D eigenvalue weighted by molar-refractivity contribution is -0.115. The number of hydrogen-bond donors (Lipinski definition) is 3. The van der Waals surface area contributed by atoms with Gasteiger partial charge in [-0.05, 0) is 56.2 Å². The topological polar surface area (TPSA) is 113 Å². The van der Waals surface area contributed by atoms with E-state index < -0.39 is 11.8 Å². The highest BCUT2D eigenvalue weighted by Crippen LogP contribution is 2.18. The van der Waals surface area contributed by atoms with Crippen LogP contribution in [0.5, 0.6) is 0 Å². The van der Waals surface area contributed by atoms with Gasteiger partial charge in [-0.1, -0.05) is 30.3 Å². The molecule has 174 valence electrons. The van der Waals surface area contributed by atoms with Gasteiger partial charge >= 0.3 is 6.03 Å². The Morgan fingerprint density at radius 1 is 1.03 bits per heavy atom. The lowest BCUT2D eigenvalue weighted by atomic mass is 10.1. The average molecular weight is 462 g/mol. The number of benzene rings is 2. The van der Waals surface area contributed by atoms with Gasteiger partial charge in [-0.2, -0.15) is 9.50 Å². The summed E-state index contributed by atoms with van der Waals surface area (Å²) in [7, 11) is 0. The molecule has 1 unspecified atom stereocenters. The van der Waals surface area contributed by atoms with Crippen molar-refractivity contribution in [3.05, 3.63) is 82.9 Å². The second-order valence-electron chi connectivity index (χ2n) is 7.95. The molecule has 9 nitrogen and oxygen atoms in total. The first-order valence-electron chi connectivity index (χ1n) is 10.7. The largest absolute Gasteiger partial charge is 0.331 e.